The van der Waals surface area contributed by atoms with Gasteiger partial charge in [0.15, 0.2) is 11.5 Å². The predicted octanol–water partition coefficient (Wildman–Crippen LogP) is 0.656. The van der Waals surface area contributed by atoms with Gasteiger partial charge in [-0.2, -0.15) is 0 Å². The summed E-state index contributed by atoms with van der Waals surface area (Å²) >= 11 is 0. The van der Waals surface area contributed by atoms with Crippen LogP contribution in [0.25, 0.3) is 0 Å². The molecule has 1 saturated carbocycles. The van der Waals surface area contributed by atoms with Crippen LogP contribution in [-0.4, -0.2) is 71.6 Å². The van der Waals surface area contributed by atoms with Crippen LogP contribution in [0.5, 0.6) is 11.5 Å². The van der Waals surface area contributed by atoms with Gasteiger partial charge in [0, 0.05) is 24.5 Å². The highest BCUT2D eigenvalue weighted by atomic mass is 16.7. The molecule has 0 amide bonds. The van der Waals surface area contributed by atoms with Crippen molar-refractivity contribution in [2.24, 2.45) is 0 Å². The third-order valence-electron chi connectivity index (χ3n) is 7.53. The fourth-order valence-corrected chi connectivity index (χ4v) is 6.61. The van der Waals surface area contributed by atoms with Gasteiger partial charge in [0.25, 0.3) is 0 Å². The van der Waals surface area contributed by atoms with Crippen LogP contribution in [0.15, 0.2) is 12.1 Å². The molecule has 2 saturated heterocycles. The molecular formula is C19H25NO6. The smallest absolute Gasteiger partial charge is 0.217 e. The van der Waals surface area contributed by atoms with E-state index in [0.29, 0.717) is 18.6 Å². The highest BCUT2D eigenvalue weighted by Gasteiger charge is 2.82. The Balaban J connectivity index is 1.88. The largest absolute Gasteiger partial charge is 0.504 e. The van der Waals surface area contributed by atoms with E-state index >= 15 is 0 Å². The Labute approximate surface area is 152 Å². The summed E-state index contributed by atoms with van der Waals surface area (Å²) in [6.07, 6.45) is -0.764. The van der Waals surface area contributed by atoms with E-state index in [-0.39, 0.29) is 11.9 Å². The van der Waals surface area contributed by atoms with Gasteiger partial charge in [-0.05, 0) is 38.1 Å². The standard InChI is InChI=1S/C19H25NO6/c1-20-7-6-17-8-11(21)16(23)19(25-3)18(17,20)9-13(26-19)10-4-5-12(24-2)15(22)14(10)17/h4-5,11,13,16,21-23H,6-9H2,1-3H3/t11-,13-,16-,17-,18-,19-/m0/s1. The molecular weight excluding hydrogens is 338 g/mol. The number of rotatable bonds is 2. The van der Waals surface area contributed by atoms with Crippen molar-refractivity contribution in [3.63, 3.8) is 0 Å². The zero-order chi connectivity index (χ0) is 18.5. The molecule has 1 aromatic rings. The number of nitrogens with zero attached hydrogens (tertiary/aromatic N) is 1. The third kappa shape index (κ3) is 1.44. The number of aliphatic hydroxyl groups excluding tert-OH is 2. The predicted molar refractivity (Wildman–Crippen MR) is 91.1 cm³/mol. The topological polar surface area (TPSA) is 91.6 Å². The van der Waals surface area contributed by atoms with E-state index in [2.05, 4.69) is 4.90 Å². The summed E-state index contributed by atoms with van der Waals surface area (Å²) in [6, 6.07) is 3.67. The van der Waals surface area contributed by atoms with E-state index in [1.165, 1.54) is 14.2 Å². The van der Waals surface area contributed by atoms with Crippen LogP contribution < -0.4 is 4.74 Å². The van der Waals surface area contributed by atoms with Gasteiger partial charge in [-0.1, -0.05) is 6.07 Å². The van der Waals surface area contributed by atoms with Crippen molar-refractivity contribution < 1.29 is 29.5 Å². The van der Waals surface area contributed by atoms with Crippen molar-refractivity contribution in [3.8, 4) is 11.5 Å². The summed E-state index contributed by atoms with van der Waals surface area (Å²) in [5, 5.41) is 32.8. The fraction of sp³-hybridized carbons (Fsp3) is 0.684. The maximum Gasteiger partial charge on any atom is 0.217 e. The SMILES string of the molecule is COc1ccc2c(c1O)[C@@]13CCN(C)[C@@]14C[C@@H]2O[C@@]4(OC)[C@@H](O)[C@@H](O)C3. The highest BCUT2D eigenvalue weighted by molar-refractivity contribution is 5.61. The lowest BCUT2D eigenvalue weighted by Crippen LogP contribution is -2.77. The van der Waals surface area contributed by atoms with Crippen LogP contribution in [0.3, 0.4) is 0 Å². The second-order valence-corrected chi connectivity index (χ2v) is 8.09. The van der Waals surface area contributed by atoms with Crippen molar-refractivity contribution in [2.75, 3.05) is 27.8 Å². The number of fused-ring (bicyclic) bond motifs is 3. The van der Waals surface area contributed by atoms with E-state index < -0.39 is 28.9 Å². The van der Waals surface area contributed by atoms with Gasteiger partial charge in [0.2, 0.25) is 5.79 Å². The Morgan fingerprint density at radius 1 is 1.23 bits per heavy atom. The van der Waals surface area contributed by atoms with Gasteiger partial charge in [-0.3, -0.25) is 4.90 Å². The van der Waals surface area contributed by atoms with Gasteiger partial charge < -0.3 is 29.5 Å². The number of aromatic hydroxyl groups is 1. The van der Waals surface area contributed by atoms with E-state index in [4.69, 9.17) is 14.2 Å². The number of hydrogen-bond acceptors (Lipinski definition) is 7. The van der Waals surface area contributed by atoms with Gasteiger partial charge in [0.1, 0.15) is 6.10 Å². The summed E-state index contributed by atoms with van der Waals surface area (Å²) in [6.45, 7) is 0.761. The lowest BCUT2D eigenvalue weighted by molar-refractivity contribution is -0.335. The number of aliphatic hydroxyl groups is 2. The van der Waals surface area contributed by atoms with Crippen molar-refractivity contribution in [2.45, 2.75) is 54.3 Å². The van der Waals surface area contributed by atoms with Crippen molar-refractivity contribution >= 4 is 0 Å². The van der Waals surface area contributed by atoms with E-state index in [0.717, 1.165) is 24.1 Å². The zero-order valence-corrected chi connectivity index (χ0v) is 15.2. The number of likely N-dealkylation sites (tertiary alicyclic amines) is 1. The van der Waals surface area contributed by atoms with Crippen LogP contribution >= 0.6 is 0 Å². The van der Waals surface area contributed by atoms with Gasteiger partial charge in [-0.15, -0.1) is 0 Å². The normalized spacial score (nSPS) is 46.1. The van der Waals surface area contributed by atoms with E-state index in [1.54, 1.807) is 6.07 Å². The minimum absolute atomic E-state index is 0.105. The molecule has 2 aliphatic heterocycles. The van der Waals surface area contributed by atoms with Gasteiger partial charge in [-0.25, -0.2) is 0 Å². The highest BCUT2D eigenvalue weighted by Crippen LogP contribution is 2.72. The van der Waals surface area contributed by atoms with E-state index in [9.17, 15) is 15.3 Å². The Kier molecular flexibility index (Phi) is 3.17. The molecule has 7 nitrogen and oxygen atoms in total. The first kappa shape index (κ1) is 16.8. The molecule has 0 radical (unpaired) electrons. The third-order valence-corrected chi connectivity index (χ3v) is 7.53. The maximum absolute atomic E-state index is 11.1. The molecule has 0 unspecified atom stereocenters. The number of methoxy groups -OCH3 is 2. The molecule has 5 rings (SSSR count). The molecule has 1 aromatic carbocycles. The van der Waals surface area contributed by atoms with Crippen LogP contribution in [0, 0.1) is 0 Å². The monoisotopic (exact) mass is 363 g/mol. The molecule has 1 spiro atoms. The summed E-state index contributed by atoms with van der Waals surface area (Å²) in [4.78, 5) is 2.19. The first-order chi connectivity index (χ1) is 12.4. The molecule has 26 heavy (non-hydrogen) atoms. The number of benzene rings is 1. The molecule has 3 fully saturated rings. The van der Waals surface area contributed by atoms with Crippen LogP contribution in [0.1, 0.15) is 36.5 Å². The second-order valence-electron chi connectivity index (χ2n) is 8.09. The maximum atomic E-state index is 11.1. The Morgan fingerprint density at radius 3 is 2.69 bits per heavy atom. The zero-order valence-electron chi connectivity index (χ0n) is 15.2. The molecule has 6 atom stereocenters. The summed E-state index contributed by atoms with van der Waals surface area (Å²) in [5.41, 5.74) is 0.434. The van der Waals surface area contributed by atoms with Gasteiger partial charge in [0.05, 0.1) is 24.9 Å². The van der Waals surface area contributed by atoms with E-state index in [1.807, 2.05) is 13.1 Å². The molecule has 4 aliphatic rings. The molecule has 2 aliphatic carbocycles. The summed E-state index contributed by atoms with van der Waals surface area (Å²) in [5.74, 6) is -0.833. The Bertz CT molecular complexity index is 786. The van der Waals surface area contributed by atoms with Crippen molar-refractivity contribution in [1.29, 1.82) is 0 Å². The minimum Gasteiger partial charge on any atom is -0.504 e. The number of phenols is 1. The number of ether oxygens (including phenoxy) is 3. The Morgan fingerprint density at radius 2 is 2.00 bits per heavy atom. The average Bonchev–Trinajstić information content (AvgIpc) is 3.13. The summed E-state index contributed by atoms with van der Waals surface area (Å²) in [7, 11) is 5.06. The molecule has 142 valence electrons. The van der Waals surface area contributed by atoms with Crippen LogP contribution in [0.4, 0.5) is 0 Å². The van der Waals surface area contributed by atoms with Crippen molar-refractivity contribution in [3.05, 3.63) is 23.3 Å². The minimum atomic E-state index is -1.35. The number of phenolic OH excluding ortho intramolecular Hbond substituents is 1. The number of likely N-dealkylation sites (N-methyl/N-ethyl adjacent to an activating group) is 1. The Hall–Kier alpha value is -1.38. The van der Waals surface area contributed by atoms with Gasteiger partial charge >= 0.3 is 0 Å². The van der Waals surface area contributed by atoms with Crippen LogP contribution in [0.2, 0.25) is 0 Å². The first-order valence-corrected chi connectivity index (χ1v) is 9.09. The average molecular weight is 363 g/mol. The molecule has 2 heterocycles. The molecule has 0 aromatic heterocycles. The lowest BCUT2D eigenvalue weighted by Gasteiger charge is -2.60. The quantitative estimate of drug-likeness (QED) is 0.711. The number of hydrogen-bond donors (Lipinski definition) is 3. The fourth-order valence-electron chi connectivity index (χ4n) is 6.61. The molecule has 7 heteroatoms. The second kappa shape index (κ2) is 4.91. The molecule has 3 N–H and O–H groups in total. The first-order valence-electron chi connectivity index (χ1n) is 9.09. The molecule has 2 bridgehead atoms. The lowest BCUT2D eigenvalue weighted by atomic mass is 9.50. The van der Waals surface area contributed by atoms with Crippen LogP contribution in [-0.2, 0) is 14.9 Å². The van der Waals surface area contributed by atoms with Crippen molar-refractivity contribution in [1.82, 2.24) is 4.90 Å². The summed E-state index contributed by atoms with van der Waals surface area (Å²) < 4.78 is 17.6.